The largest absolute Gasteiger partial charge is 0.425 e. The van der Waals surface area contributed by atoms with E-state index in [0.717, 1.165) is 24.5 Å². The normalized spacial score (nSPS) is 27.4. The summed E-state index contributed by atoms with van der Waals surface area (Å²) in [6, 6.07) is 1.92. The molecule has 0 bridgehead atoms. The smallest absolute Gasteiger partial charge is 0.227 e. The van der Waals surface area contributed by atoms with Crippen molar-refractivity contribution in [1.29, 1.82) is 0 Å². The minimum Gasteiger partial charge on any atom is -0.425 e. The van der Waals surface area contributed by atoms with Crippen molar-refractivity contribution in [2.24, 2.45) is 5.92 Å². The molecule has 0 spiro atoms. The molecule has 2 fully saturated rings. The van der Waals surface area contributed by atoms with Crippen molar-refractivity contribution in [2.45, 2.75) is 19.3 Å². The molecule has 116 valence electrons. The second-order valence-electron chi connectivity index (χ2n) is 6.14. The van der Waals surface area contributed by atoms with Crippen molar-refractivity contribution in [3.05, 3.63) is 34.6 Å². The van der Waals surface area contributed by atoms with E-state index in [1.165, 1.54) is 0 Å². The number of nitrogens with zero attached hydrogens (tertiary/aromatic N) is 4. The van der Waals surface area contributed by atoms with Gasteiger partial charge in [0.1, 0.15) is 5.82 Å². The molecule has 2 aliphatic rings. The lowest BCUT2D eigenvalue weighted by Crippen LogP contribution is -2.36. The van der Waals surface area contributed by atoms with Crippen LogP contribution in [0.4, 0.5) is 5.82 Å². The van der Waals surface area contributed by atoms with E-state index < -0.39 is 0 Å². The van der Waals surface area contributed by atoms with E-state index in [4.69, 9.17) is 20.8 Å². The van der Waals surface area contributed by atoms with Crippen LogP contribution in [0.25, 0.3) is 0 Å². The van der Waals surface area contributed by atoms with Crippen LogP contribution in [0.15, 0.2) is 16.7 Å². The first-order valence-corrected chi connectivity index (χ1v) is 7.72. The predicted octanol–water partition coefficient (Wildman–Crippen LogP) is 2.14. The van der Waals surface area contributed by atoms with E-state index in [0.29, 0.717) is 35.9 Å². The van der Waals surface area contributed by atoms with E-state index in [-0.39, 0.29) is 5.41 Å². The fourth-order valence-electron chi connectivity index (χ4n) is 3.44. The van der Waals surface area contributed by atoms with Gasteiger partial charge in [-0.3, -0.25) is 0 Å². The summed E-state index contributed by atoms with van der Waals surface area (Å²) >= 11 is 6.44. The minimum atomic E-state index is -0.254. The molecule has 0 radical (unpaired) electrons. The van der Waals surface area contributed by atoms with Crippen LogP contribution in [0.5, 0.6) is 0 Å². The van der Waals surface area contributed by atoms with Gasteiger partial charge in [-0.2, -0.15) is 0 Å². The minimum absolute atomic E-state index is 0.254. The van der Waals surface area contributed by atoms with Crippen LogP contribution in [-0.2, 0) is 10.2 Å². The Balaban J connectivity index is 1.72. The highest BCUT2D eigenvalue weighted by molar-refractivity contribution is 6.33. The summed E-state index contributed by atoms with van der Waals surface area (Å²) < 4.78 is 11.4. The predicted molar refractivity (Wildman–Crippen MR) is 81.2 cm³/mol. The van der Waals surface area contributed by atoms with Gasteiger partial charge in [-0.05, 0) is 18.6 Å². The van der Waals surface area contributed by atoms with Crippen LogP contribution in [0.3, 0.4) is 0 Å². The first kappa shape index (κ1) is 14.0. The number of rotatable bonds is 2. The van der Waals surface area contributed by atoms with Crippen LogP contribution in [0.1, 0.15) is 17.3 Å². The highest BCUT2D eigenvalue weighted by Gasteiger charge is 2.55. The Kier molecular flexibility index (Phi) is 3.13. The molecule has 22 heavy (non-hydrogen) atoms. The SMILES string of the molecule is Cc1nnc([C@@]23COC[C@@H]2CN(c2nccc(C)c2Cl)C3)o1. The van der Waals surface area contributed by atoms with Crippen molar-refractivity contribution in [3.8, 4) is 0 Å². The molecule has 0 aliphatic carbocycles. The molecule has 2 aromatic rings. The lowest BCUT2D eigenvalue weighted by molar-refractivity contribution is 0.166. The molecule has 7 heteroatoms. The summed E-state index contributed by atoms with van der Waals surface area (Å²) in [6.45, 7) is 6.65. The number of fused-ring (bicyclic) bond motifs is 1. The molecule has 2 aromatic heterocycles. The van der Waals surface area contributed by atoms with Crippen molar-refractivity contribution < 1.29 is 9.15 Å². The number of halogens is 1. The molecule has 0 aromatic carbocycles. The molecule has 4 rings (SSSR count). The van der Waals surface area contributed by atoms with Gasteiger partial charge in [0.2, 0.25) is 11.8 Å². The van der Waals surface area contributed by atoms with Crippen molar-refractivity contribution in [3.63, 3.8) is 0 Å². The second-order valence-corrected chi connectivity index (χ2v) is 6.52. The van der Waals surface area contributed by atoms with Crippen molar-refractivity contribution >= 4 is 17.4 Å². The first-order chi connectivity index (χ1) is 10.6. The Morgan fingerprint density at radius 3 is 3.00 bits per heavy atom. The molecule has 2 atom stereocenters. The maximum atomic E-state index is 6.44. The molecule has 4 heterocycles. The Morgan fingerprint density at radius 2 is 2.23 bits per heavy atom. The van der Waals surface area contributed by atoms with Gasteiger partial charge >= 0.3 is 0 Å². The summed E-state index contributed by atoms with van der Waals surface area (Å²) in [4.78, 5) is 6.68. The zero-order valence-electron chi connectivity index (χ0n) is 12.5. The zero-order chi connectivity index (χ0) is 15.3. The van der Waals surface area contributed by atoms with Gasteiger partial charge in [0.05, 0.1) is 23.7 Å². The summed E-state index contributed by atoms with van der Waals surface area (Å²) in [5.74, 6) is 2.39. The maximum Gasteiger partial charge on any atom is 0.227 e. The third-order valence-corrected chi connectivity index (χ3v) is 5.16. The van der Waals surface area contributed by atoms with Gasteiger partial charge in [0.15, 0.2) is 0 Å². The van der Waals surface area contributed by atoms with Gasteiger partial charge in [0, 0.05) is 32.1 Å². The number of aromatic nitrogens is 3. The van der Waals surface area contributed by atoms with Gasteiger partial charge in [-0.1, -0.05) is 11.6 Å². The second kappa shape index (κ2) is 4.93. The molecule has 2 aliphatic heterocycles. The fraction of sp³-hybridized carbons (Fsp3) is 0.533. The molecule has 0 N–H and O–H groups in total. The topological polar surface area (TPSA) is 64.3 Å². The Labute approximate surface area is 133 Å². The number of hydrogen-bond acceptors (Lipinski definition) is 6. The molecule has 6 nitrogen and oxygen atoms in total. The lowest BCUT2D eigenvalue weighted by Gasteiger charge is -2.24. The molecular formula is C15H17ClN4O2. The first-order valence-electron chi connectivity index (χ1n) is 7.34. The third-order valence-electron chi connectivity index (χ3n) is 4.69. The summed E-state index contributed by atoms with van der Waals surface area (Å²) in [6.07, 6.45) is 1.80. The maximum absolute atomic E-state index is 6.44. The van der Waals surface area contributed by atoms with Crippen LogP contribution >= 0.6 is 11.6 Å². The van der Waals surface area contributed by atoms with Crippen LogP contribution in [-0.4, -0.2) is 41.5 Å². The van der Waals surface area contributed by atoms with Crippen LogP contribution in [0, 0.1) is 19.8 Å². The molecule has 0 amide bonds. The average molecular weight is 321 g/mol. The van der Waals surface area contributed by atoms with Gasteiger partial charge in [-0.25, -0.2) is 4.98 Å². The molecule has 2 saturated heterocycles. The zero-order valence-corrected chi connectivity index (χ0v) is 13.3. The van der Waals surface area contributed by atoms with Gasteiger partial charge < -0.3 is 14.1 Å². The quantitative estimate of drug-likeness (QED) is 0.844. The van der Waals surface area contributed by atoms with Gasteiger partial charge in [-0.15, -0.1) is 10.2 Å². The Bertz CT molecular complexity index is 719. The summed E-state index contributed by atoms with van der Waals surface area (Å²) in [5.41, 5.74) is 0.776. The van der Waals surface area contributed by atoms with Crippen molar-refractivity contribution in [1.82, 2.24) is 15.2 Å². The fourth-order valence-corrected chi connectivity index (χ4v) is 3.67. The molecule has 0 saturated carbocycles. The van der Waals surface area contributed by atoms with Gasteiger partial charge in [0.25, 0.3) is 0 Å². The number of pyridine rings is 1. The summed E-state index contributed by atoms with van der Waals surface area (Å²) in [7, 11) is 0. The van der Waals surface area contributed by atoms with Crippen LogP contribution < -0.4 is 4.90 Å². The van der Waals surface area contributed by atoms with Crippen molar-refractivity contribution in [2.75, 3.05) is 31.2 Å². The van der Waals surface area contributed by atoms with E-state index in [1.54, 1.807) is 6.20 Å². The van der Waals surface area contributed by atoms with E-state index in [2.05, 4.69) is 20.1 Å². The third kappa shape index (κ3) is 1.94. The van der Waals surface area contributed by atoms with E-state index in [1.807, 2.05) is 19.9 Å². The molecule has 0 unspecified atom stereocenters. The summed E-state index contributed by atoms with van der Waals surface area (Å²) in [5, 5.41) is 8.94. The lowest BCUT2D eigenvalue weighted by atomic mass is 9.81. The Hall–Kier alpha value is -1.66. The van der Waals surface area contributed by atoms with E-state index in [9.17, 15) is 0 Å². The molecular weight excluding hydrogens is 304 g/mol. The Morgan fingerprint density at radius 1 is 1.36 bits per heavy atom. The van der Waals surface area contributed by atoms with Crippen LogP contribution in [0.2, 0.25) is 5.02 Å². The standard InChI is InChI=1S/C15H17ClN4O2/c1-9-3-4-17-13(12(9)16)20-5-11-6-21-8-15(11,7-20)14-19-18-10(2)22-14/h3-4,11H,5-8H2,1-2H3/t11-,15-/m0/s1. The number of ether oxygens (including phenoxy) is 1. The number of aryl methyl sites for hydroxylation is 2. The number of hydrogen-bond donors (Lipinski definition) is 0. The highest BCUT2D eigenvalue weighted by atomic mass is 35.5. The number of anilines is 1. The monoisotopic (exact) mass is 320 g/mol. The highest BCUT2D eigenvalue weighted by Crippen LogP contribution is 2.45. The van der Waals surface area contributed by atoms with E-state index >= 15 is 0 Å². The average Bonchev–Trinajstić information content (AvgIpc) is 3.15.